The predicted octanol–water partition coefficient (Wildman–Crippen LogP) is 1.44. The van der Waals surface area contributed by atoms with E-state index in [-0.39, 0.29) is 17.6 Å². The van der Waals surface area contributed by atoms with Crippen LogP contribution in [0.3, 0.4) is 0 Å². The molecule has 1 aromatic rings. The first-order chi connectivity index (χ1) is 9.38. The number of rotatable bonds is 3. The first-order valence-electron chi connectivity index (χ1n) is 7.48. The molecule has 1 saturated heterocycles. The Hall–Kier alpha value is -0.910. The van der Waals surface area contributed by atoms with E-state index in [0.717, 1.165) is 25.4 Å². The molecule has 1 aromatic heterocycles. The highest BCUT2D eigenvalue weighted by molar-refractivity contribution is 5.29. The summed E-state index contributed by atoms with van der Waals surface area (Å²) >= 11 is 0. The van der Waals surface area contributed by atoms with Crippen molar-refractivity contribution in [3.05, 3.63) is 17.5 Å². The van der Waals surface area contributed by atoms with Crippen LogP contribution in [-0.4, -0.2) is 47.0 Å². The van der Waals surface area contributed by atoms with Gasteiger partial charge in [-0.25, -0.2) is 0 Å². The summed E-state index contributed by atoms with van der Waals surface area (Å²) in [5.41, 5.74) is 8.36. The summed E-state index contributed by atoms with van der Waals surface area (Å²) in [5.74, 6) is 0. The van der Waals surface area contributed by atoms with Crippen LogP contribution in [-0.2, 0) is 17.2 Å². The number of likely N-dealkylation sites (N-methyl/N-ethyl adjacent to an activating group) is 1. The van der Waals surface area contributed by atoms with Gasteiger partial charge in [0.1, 0.15) is 0 Å². The van der Waals surface area contributed by atoms with Crippen LogP contribution in [0.1, 0.15) is 45.0 Å². The lowest BCUT2D eigenvalue weighted by atomic mass is 9.85. The van der Waals surface area contributed by atoms with E-state index in [1.807, 2.05) is 11.7 Å². The zero-order chi connectivity index (χ0) is 14.9. The van der Waals surface area contributed by atoms with Crippen LogP contribution in [0.15, 0.2) is 6.20 Å². The lowest BCUT2D eigenvalue weighted by molar-refractivity contribution is -0.0663. The zero-order valence-corrected chi connectivity index (χ0v) is 13.4. The molecule has 0 bridgehead atoms. The van der Waals surface area contributed by atoms with Crippen molar-refractivity contribution < 1.29 is 4.74 Å². The average Bonchev–Trinajstić information content (AvgIpc) is 2.79. The summed E-state index contributed by atoms with van der Waals surface area (Å²) in [5, 5.41) is 4.69. The van der Waals surface area contributed by atoms with Gasteiger partial charge < -0.3 is 10.5 Å². The van der Waals surface area contributed by atoms with Crippen LogP contribution in [0.4, 0.5) is 0 Å². The van der Waals surface area contributed by atoms with Gasteiger partial charge in [0.15, 0.2) is 0 Å². The molecule has 2 atom stereocenters. The molecular weight excluding hydrogens is 252 g/mol. The number of hydrogen-bond acceptors (Lipinski definition) is 4. The van der Waals surface area contributed by atoms with Crippen molar-refractivity contribution in [1.82, 2.24) is 14.7 Å². The fraction of sp³-hybridized carbons (Fsp3) is 0.800. The lowest BCUT2D eigenvalue weighted by Crippen LogP contribution is -2.48. The molecule has 0 radical (unpaired) electrons. The average molecular weight is 280 g/mol. The van der Waals surface area contributed by atoms with Crippen molar-refractivity contribution in [2.75, 3.05) is 26.2 Å². The minimum Gasteiger partial charge on any atom is -0.374 e. The molecule has 5 heteroatoms. The van der Waals surface area contributed by atoms with E-state index in [0.29, 0.717) is 6.54 Å². The van der Waals surface area contributed by atoms with Crippen molar-refractivity contribution in [1.29, 1.82) is 0 Å². The number of aryl methyl sites for hydroxylation is 1. The molecular formula is C15H28N4O. The zero-order valence-electron chi connectivity index (χ0n) is 13.4. The molecule has 0 aromatic carbocycles. The molecule has 2 heterocycles. The van der Waals surface area contributed by atoms with E-state index in [1.54, 1.807) is 0 Å². The summed E-state index contributed by atoms with van der Waals surface area (Å²) in [4.78, 5) is 2.45. The highest BCUT2D eigenvalue weighted by Crippen LogP contribution is 2.35. The number of hydrogen-bond donors (Lipinski definition) is 1. The number of aromatic nitrogens is 2. The van der Waals surface area contributed by atoms with Crippen LogP contribution in [0.25, 0.3) is 0 Å². The van der Waals surface area contributed by atoms with Crippen molar-refractivity contribution in [2.24, 2.45) is 12.8 Å². The van der Waals surface area contributed by atoms with E-state index in [1.165, 1.54) is 5.56 Å². The maximum Gasteiger partial charge on any atom is 0.0895 e. The van der Waals surface area contributed by atoms with E-state index >= 15 is 0 Å². The molecule has 5 nitrogen and oxygen atoms in total. The molecule has 114 valence electrons. The Morgan fingerprint density at radius 1 is 1.45 bits per heavy atom. The van der Waals surface area contributed by atoms with Crippen LogP contribution < -0.4 is 5.73 Å². The first kappa shape index (κ1) is 15.5. The highest BCUT2D eigenvalue weighted by Gasteiger charge is 2.36. The standard InChI is InChI=1S/C15H28N4O/c1-6-19-7-8-20-12(9-16)13(19)11-10-18(5)17-14(11)15(2,3)4/h10,12-13H,6-9,16H2,1-5H3. The van der Waals surface area contributed by atoms with Crippen molar-refractivity contribution in [2.45, 2.75) is 45.3 Å². The normalized spacial score (nSPS) is 25.1. The maximum absolute atomic E-state index is 5.93. The summed E-state index contributed by atoms with van der Waals surface area (Å²) < 4.78 is 7.81. The third kappa shape index (κ3) is 2.90. The Labute approximate surface area is 122 Å². The Kier molecular flexibility index (Phi) is 4.52. The highest BCUT2D eigenvalue weighted by atomic mass is 16.5. The summed E-state index contributed by atoms with van der Waals surface area (Å²) in [7, 11) is 1.98. The summed E-state index contributed by atoms with van der Waals surface area (Å²) in [6.45, 7) is 12.1. The van der Waals surface area contributed by atoms with E-state index < -0.39 is 0 Å². The second-order valence-electron chi connectivity index (χ2n) is 6.58. The minimum atomic E-state index is 0.0204. The van der Waals surface area contributed by atoms with Crippen LogP contribution in [0.5, 0.6) is 0 Å². The number of morpholine rings is 1. The van der Waals surface area contributed by atoms with Gasteiger partial charge in [0.05, 0.1) is 24.4 Å². The number of nitrogens with two attached hydrogens (primary N) is 1. The lowest BCUT2D eigenvalue weighted by Gasteiger charge is -2.41. The SMILES string of the molecule is CCN1CCOC(CN)C1c1cn(C)nc1C(C)(C)C. The topological polar surface area (TPSA) is 56.3 Å². The van der Waals surface area contributed by atoms with E-state index in [2.05, 4.69) is 43.9 Å². The van der Waals surface area contributed by atoms with Crippen molar-refractivity contribution in [3.63, 3.8) is 0 Å². The molecule has 2 unspecified atom stereocenters. The van der Waals surface area contributed by atoms with Gasteiger partial charge in [0, 0.05) is 37.3 Å². The quantitative estimate of drug-likeness (QED) is 0.910. The Morgan fingerprint density at radius 2 is 2.15 bits per heavy atom. The molecule has 0 aliphatic carbocycles. The smallest absolute Gasteiger partial charge is 0.0895 e. The third-order valence-corrected chi connectivity index (χ3v) is 3.98. The largest absolute Gasteiger partial charge is 0.374 e. The second-order valence-corrected chi connectivity index (χ2v) is 6.58. The van der Waals surface area contributed by atoms with Gasteiger partial charge in [-0.15, -0.1) is 0 Å². The van der Waals surface area contributed by atoms with Crippen LogP contribution in [0, 0.1) is 0 Å². The summed E-state index contributed by atoms with van der Waals surface area (Å²) in [6, 6.07) is 0.210. The Morgan fingerprint density at radius 3 is 2.70 bits per heavy atom. The second kappa shape index (κ2) is 5.84. The van der Waals surface area contributed by atoms with E-state index in [4.69, 9.17) is 10.5 Å². The molecule has 0 saturated carbocycles. The minimum absolute atomic E-state index is 0.0204. The van der Waals surface area contributed by atoms with E-state index in [9.17, 15) is 0 Å². The fourth-order valence-corrected chi connectivity index (χ4v) is 3.04. The van der Waals surface area contributed by atoms with Crippen LogP contribution >= 0.6 is 0 Å². The van der Waals surface area contributed by atoms with Gasteiger partial charge in [-0.3, -0.25) is 9.58 Å². The molecule has 20 heavy (non-hydrogen) atoms. The van der Waals surface area contributed by atoms with Gasteiger partial charge in [0.2, 0.25) is 0 Å². The Bertz CT molecular complexity index is 437. The third-order valence-electron chi connectivity index (χ3n) is 3.98. The monoisotopic (exact) mass is 280 g/mol. The first-order valence-corrected chi connectivity index (χ1v) is 7.48. The molecule has 1 aliphatic heterocycles. The summed E-state index contributed by atoms with van der Waals surface area (Å²) in [6.07, 6.45) is 2.18. The molecule has 0 amide bonds. The van der Waals surface area contributed by atoms with Crippen molar-refractivity contribution in [3.8, 4) is 0 Å². The maximum atomic E-state index is 5.93. The molecule has 1 aliphatic rings. The van der Waals surface area contributed by atoms with Gasteiger partial charge in [-0.05, 0) is 6.54 Å². The van der Waals surface area contributed by atoms with Crippen LogP contribution in [0.2, 0.25) is 0 Å². The number of ether oxygens (including phenoxy) is 1. The van der Waals surface area contributed by atoms with Gasteiger partial charge in [0.25, 0.3) is 0 Å². The Balaban J connectivity index is 2.45. The fourth-order valence-electron chi connectivity index (χ4n) is 3.04. The van der Waals surface area contributed by atoms with Gasteiger partial charge in [-0.1, -0.05) is 27.7 Å². The predicted molar refractivity (Wildman–Crippen MR) is 80.7 cm³/mol. The molecule has 2 N–H and O–H groups in total. The molecule has 2 rings (SSSR count). The van der Waals surface area contributed by atoms with Crippen molar-refractivity contribution >= 4 is 0 Å². The van der Waals surface area contributed by atoms with Gasteiger partial charge in [-0.2, -0.15) is 5.10 Å². The molecule has 0 spiro atoms. The number of nitrogens with zero attached hydrogens (tertiary/aromatic N) is 3. The van der Waals surface area contributed by atoms with Gasteiger partial charge >= 0.3 is 0 Å². The molecule has 1 fully saturated rings.